The zero-order chi connectivity index (χ0) is 17.6. The monoisotopic (exact) mass is 333 g/mol. The van der Waals surface area contributed by atoms with Gasteiger partial charge in [0.1, 0.15) is 5.82 Å². The van der Waals surface area contributed by atoms with Crippen molar-refractivity contribution in [1.29, 1.82) is 0 Å². The van der Waals surface area contributed by atoms with E-state index in [1.54, 1.807) is 40.8 Å². The van der Waals surface area contributed by atoms with Gasteiger partial charge in [0, 0.05) is 43.0 Å². The Bertz CT molecular complexity index is 1140. The van der Waals surface area contributed by atoms with Crippen molar-refractivity contribution in [3.8, 4) is 22.3 Å². The van der Waals surface area contributed by atoms with Crippen molar-refractivity contribution < 1.29 is 4.39 Å². The number of halogens is 1. The van der Waals surface area contributed by atoms with E-state index < -0.39 is 0 Å². The molecule has 2 heterocycles. The lowest BCUT2D eigenvalue weighted by atomic mass is 9.97. The minimum absolute atomic E-state index is 0.0569. The van der Waals surface area contributed by atoms with Crippen LogP contribution in [0, 0.1) is 5.82 Å². The Morgan fingerprint density at radius 1 is 0.880 bits per heavy atom. The standard InChI is InChI=1S/C20H16FN3O/c1-23-12-19(13-3-6-16(21)7-4-13)18-9-14(5-8-17(18)20(23)25)15-10-22-24(2)11-15/h3-12H,1-2H3. The molecule has 124 valence electrons. The van der Waals surface area contributed by atoms with Gasteiger partial charge in [0.15, 0.2) is 0 Å². The van der Waals surface area contributed by atoms with Gasteiger partial charge < -0.3 is 4.57 Å². The van der Waals surface area contributed by atoms with Crippen molar-refractivity contribution in [2.45, 2.75) is 0 Å². The van der Waals surface area contributed by atoms with Gasteiger partial charge >= 0.3 is 0 Å². The zero-order valence-corrected chi connectivity index (χ0v) is 13.9. The van der Waals surface area contributed by atoms with Crippen molar-refractivity contribution >= 4 is 10.8 Å². The minimum Gasteiger partial charge on any atom is -0.317 e. The maximum absolute atomic E-state index is 13.3. The van der Waals surface area contributed by atoms with E-state index in [0.29, 0.717) is 5.39 Å². The number of aromatic nitrogens is 3. The summed E-state index contributed by atoms with van der Waals surface area (Å²) in [4.78, 5) is 12.5. The fourth-order valence-corrected chi connectivity index (χ4v) is 3.07. The summed E-state index contributed by atoms with van der Waals surface area (Å²) >= 11 is 0. The van der Waals surface area contributed by atoms with Crippen LogP contribution in [0.2, 0.25) is 0 Å². The molecule has 0 amide bonds. The van der Waals surface area contributed by atoms with Gasteiger partial charge in [-0.15, -0.1) is 0 Å². The first-order valence-corrected chi connectivity index (χ1v) is 7.91. The van der Waals surface area contributed by atoms with Crippen LogP contribution in [0.4, 0.5) is 4.39 Å². The second-order valence-corrected chi connectivity index (χ2v) is 6.13. The highest BCUT2D eigenvalue weighted by molar-refractivity contribution is 5.98. The Kier molecular flexibility index (Phi) is 3.50. The summed E-state index contributed by atoms with van der Waals surface area (Å²) < 4.78 is 16.6. The smallest absolute Gasteiger partial charge is 0.258 e. The second-order valence-electron chi connectivity index (χ2n) is 6.13. The summed E-state index contributed by atoms with van der Waals surface area (Å²) in [6.07, 6.45) is 5.52. The normalized spacial score (nSPS) is 11.2. The van der Waals surface area contributed by atoms with Crippen LogP contribution in [0.1, 0.15) is 0 Å². The van der Waals surface area contributed by atoms with Crippen LogP contribution in [0.5, 0.6) is 0 Å². The van der Waals surface area contributed by atoms with Crippen LogP contribution in [-0.2, 0) is 14.1 Å². The molecule has 4 nitrogen and oxygen atoms in total. The molecule has 0 spiro atoms. The molecule has 0 aliphatic heterocycles. The third-order valence-electron chi connectivity index (χ3n) is 4.38. The molecule has 0 saturated heterocycles. The van der Waals surface area contributed by atoms with Crippen molar-refractivity contribution in [1.82, 2.24) is 14.3 Å². The molecular weight excluding hydrogens is 317 g/mol. The second kappa shape index (κ2) is 5.70. The van der Waals surface area contributed by atoms with Crippen LogP contribution in [0.15, 0.2) is 65.8 Å². The number of hydrogen-bond donors (Lipinski definition) is 0. The molecule has 0 aliphatic carbocycles. The molecule has 0 bridgehead atoms. The number of rotatable bonds is 2. The molecule has 0 N–H and O–H groups in total. The van der Waals surface area contributed by atoms with Gasteiger partial charge in [-0.05, 0) is 40.8 Å². The topological polar surface area (TPSA) is 39.8 Å². The average Bonchev–Trinajstić information content (AvgIpc) is 3.05. The molecule has 4 rings (SSSR count). The largest absolute Gasteiger partial charge is 0.317 e. The summed E-state index contributed by atoms with van der Waals surface area (Å²) in [5, 5.41) is 5.68. The molecule has 2 aromatic carbocycles. The fourth-order valence-electron chi connectivity index (χ4n) is 3.07. The highest BCUT2D eigenvalue weighted by atomic mass is 19.1. The van der Waals surface area contributed by atoms with E-state index in [2.05, 4.69) is 5.10 Å². The Hall–Kier alpha value is -3.21. The Labute approximate surface area is 143 Å². The summed E-state index contributed by atoms with van der Waals surface area (Å²) in [6.45, 7) is 0. The molecule has 0 aliphatic rings. The highest BCUT2D eigenvalue weighted by Gasteiger charge is 2.11. The lowest BCUT2D eigenvalue weighted by molar-refractivity contribution is 0.628. The minimum atomic E-state index is -0.283. The van der Waals surface area contributed by atoms with Gasteiger partial charge in [0.25, 0.3) is 5.56 Å². The van der Waals surface area contributed by atoms with Gasteiger partial charge in [-0.3, -0.25) is 9.48 Å². The van der Waals surface area contributed by atoms with Crippen LogP contribution in [0.3, 0.4) is 0 Å². The van der Waals surface area contributed by atoms with E-state index in [1.807, 2.05) is 31.4 Å². The number of pyridine rings is 1. The average molecular weight is 333 g/mol. The van der Waals surface area contributed by atoms with Gasteiger partial charge in [-0.1, -0.05) is 18.2 Å². The summed E-state index contributed by atoms with van der Waals surface area (Å²) in [5.41, 5.74) is 3.67. The van der Waals surface area contributed by atoms with E-state index in [0.717, 1.165) is 27.6 Å². The van der Waals surface area contributed by atoms with E-state index in [-0.39, 0.29) is 11.4 Å². The van der Waals surface area contributed by atoms with E-state index in [1.165, 1.54) is 12.1 Å². The molecule has 0 radical (unpaired) electrons. The number of fused-ring (bicyclic) bond motifs is 1. The first-order chi connectivity index (χ1) is 12.0. The van der Waals surface area contributed by atoms with Crippen molar-refractivity contribution in [3.05, 3.63) is 77.2 Å². The van der Waals surface area contributed by atoms with E-state index in [9.17, 15) is 9.18 Å². The molecule has 0 atom stereocenters. The third-order valence-corrected chi connectivity index (χ3v) is 4.38. The predicted octanol–water partition coefficient (Wildman–Crippen LogP) is 3.75. The highest BCUT2D eigenvalue weighted by Crippen LogP contribution is 2.30. The molecule has 0 saturated carbocycles. The lowest BCUT2D eigenvalue weighted by Gasteiger charge is -2.11. The SMILES string of the molecule is Cn1cc(-c2ccc3c(=O)n(C)cc(-c4ccc(F)cc4)c3c2)cn1. The molecule has 4 aromatic rings. The van der Waals surface area contributed by atoms with Gasteiger partial charge in [-0.2, -0.15) is 5.10 Å². The molecule has 2 aromatic heterocycles. The van der Waals surface area contributed by atoms with E-state index >= 15 is 0 Å². The number of nitrogens with zero attached hydrogens (tertiary/aromatic N) is 3. The maximum Gasteiger partial charge on any atom is 0.258 e. The third kappa shape index (κ3) is 2.63. The predicted molar refractivity (Wildman–Crippen MR) is 96.8 cm³/mol. The lowest BCUT2D eigenvalue weighted by Crippen LogP contribution is -2.16. The van der Waals surface area contributed by atoms with Crippen molar-refractivity contribution in [2.75, 3.05) is 0 Å². The molecular formula is C20H16FN3O. The van der Waals surface area contributed by atoms with Crippen LogP contribution >= 0.6 is 0 Å². The molecule has 0 unspecified atom stereocenters. The molecule has 0 fully saturated rings. The van der Waals surface area contributed by atoms with Crippen LogP contribution in [0.25, 0.3) is 33.0 Å². The van der Waals surface area contributed by atoms with Gasteiger partial charge in [0.05, 0.1) is 6.20 Å². The van der Waals surface area contributed by atoms with E-state index in [4.69, 9.17) is 0 Å². The quantitative estimate of drug-likeness (QED) is 0.560. The van der Waals surface area contributed by atoms with Gasteiger partial charge in [-0.25, -0.2) is 4.39 Å². The first kappa shape index (κ1) is 15.3. The fraction of sp³-hybridized carbons (Fsp3) is 0.100. The zero-order valence-electron chi connectivity index (χ0n) is 13.9. The van der Waals surface area contributed by atoms with Crippen molar-refractivity contribution in [3.63, 3.8) is 0 Å². The summed E-state index contributed by atoms with van der Waals surface area (Å²) in [7, 11) is 3.59. The number of aryl methyl sites for hydroxylation is 2. The van der Waals surface area contributed by atoms with Crippen LogP contribution in [-0.4, -0.2) is 14.3 Å². The Morgan fingerprint density at radius 3 is 2.28 bits per heavy atom. The summed E-state index contributed by atoms with van der Waals surface area (Å²) in [5.74, 6) is -0.283. The number of benzene rings is 2. The van der Waals surface area contributed by atoms with Gasteiger partial charge in [0.2, 0.25) is 0 Å². The van der Waals surface area contributed by atoms with Crippen molar-refractivity contribution in [2.24, 2.45) is 14.1 Å². The molecule has 5 heteroatoms. The Balaban J connectivity index is 2.02. The van der Waals surface area contributed by atoms with Crippen LogP contribution < -0.4 is 5.56 Å². The molecule has 25 heavy (non-hydrogen) atoms. The number of hydrogen-bond acceptors (Lipinski definition) is 2. The maximum atomic E-state index is 13.3. The first-order valence-electron chi connectivity index (χ1n) is 7.91. The Morgan fingerprint density at radius 2 is 1.60 bits per heavy atom. The summed E-state index contributed by atoms with van der Waals surface area (Å²) in [6, 6.07) is 12.1.